The number of piperazine rings is 1. The van der Waals surface area contributed by atoms with Crippen LogP contribution in [0.3, 0.4) is 0 Å². The maximum absolute atomic E-state index is 12.9. The number of amides is 2. The normalized spacial score (nSPS) is 15.4. The van der Waals surface area contributed by atoms with Crippen molar-refractivity contribution in [1.82, 2.24) is 9.80 Å². The Morgan fingerprint density at radius 1 is 1.08 bits per heavy atom. The molecule has 1 heterocycles. The molecular formula is C19H28N2O3. The molecule has 2 rings (SSSR count). The number of ether oxygens (including phenoxy) is 1. The number of aryl methyl sites for hydroxylation is 1. The highest BCUT2D eigenvalue weighted by Crippen LogP contribution is 2.24. The maximum Gasteiger partial charge on any atom is 0.257 e. The van der Waals surface area contributed by atoms with Crippen molar-refractivity contribution in [2.45, 2.75) is 34.1 Å². The monoisotopic (exact) mass is 332 g/mol. The summed E-state index contributed by atoms with van der Waals surface area (Å²) in [4.78, 5) is 28.9. The van der Waals surface area contributed by atoms with E-state index in [4.69, 9.17) is 4.74 Å². The van der Waals surface area contributed by atoms with E-state index < -0.39 is 0 Å². The third-order valence-corrected chi connectivity index (χ3v) is 4.40. The summed E-state index contributed by atoms with van der Waals surface area (Å²) in [6.07, 6.45) is 0.873. The van der Waals surface area contributed by atoms with Crippen LogP contribution in [0.2, 0.25) is 0 Å². The Morgan fingerprint density at radius 3 is 2.17 bits per heavy atom. The zero-order valence-corrected chi connectivity index (χ0v) is 15.4. The first-order valence-electron chi connectivity index (χ1n) is 8.53. The van der Waals surface area contributed by atoms with Gasteiger partial charge >= 0.3 is 0 Å². The number of carbonyl (C=O) groups is 2. The molecule has 1 aromatic carbocycles. The lowest BCUT2D eigenvalue weighted by Crippen LogP contribution is -2.53. The van der Waals surface area contributed by atoms with Crippen LogP contribution in [0.5, 0.6) is 5.75 Å². The highest BCUT2D eigenvalue weighted by molar-refractivity contribution is 5.97. The number of hydrogen-bond acceptors (Lipinski definition) is 3. The minimum absolute atomic E-state index is 0.0231. The lowest BCUT2D eigenvalue weighted by atomic mass is 9.94. The standard InChI is InChI=1S/C19H28N2O3/c1-6-14-7-8-16(24-5)15(13-14)17(22)20-9-11-21(12-10-20)18(23)19(2,3)4/h7-8,13H,6,9-12H2,1-5H3. The third-order valence-electron chi connectivity index (χ3n) is 4.40. The summed E-state index contributed by atoms with van der Waals surface area (Å²) in [5.74, 6) is 0.718. The fourth-order valence-corrected chi connectivity index (χ4v) is 2.90. The summed E-state index contributed by atoms with van der Waals surface area (Å²) < 4.78 is 5.35. The molecule has 0 saturated carbocycles. The van der Waals surface area contributed by atoms with Gasteiger partial charge in [-0.2, -0.15) is 0 Å². The summed E-state index contributed by atoms with van der Waals surface area (Å²) in [6.45, 7) is 10.1. The van der Waals surface area contributed by atoms with Crippen molar-refractivity contribution in [3.63, 3.8) is 0 Å². The van der Waals surface area contributed by atoms with E-state index >= 15 is 0 Å². The van der Waals surface area contributed by atoms with Crippen molar-refractivity contribution < 1.29 is 14.3 Å². The van der Waals surface area contributed by atoms with Gasteiger partial charge in [-0.25, -0.2) is 0 Å². The second-order valence-electron chi connectivity index (χ2n) is 7.22. The summed E-state index contributed by atoms with van der Waals surface area (Å²) in [5.41, 5.74) is 1.33. The number of benzene rings is 1. The smallest absolute Gasteiger partial charge is 0.257 e. The van der Waals surface area contributed by atoms with Gasteiger partial charge in [0.15, 0.2) is 0 Å². The average Bonchev–Trinajstić information content (AvgIpc) is 2.59. The van der Waals surface area contributed by atoms with Gasteiger partial charge in [0.1, 0.15) is 5.75 Å². The molecule has 2 amide bonds. The van der Waals surface area contributed by atoms with Crippen molar-refractivity contribution in [1.29, 1.82) is 0 Å². The minimum atomic E-state index is -0.384. The highest BCUT2D eigenvalue weighted by atomic mass is 16.5. The van der Waals surface area contributed by atoms with Crippen molar-refractivity contribution in [3.8, 4) is 5.75 Å². The summed E-state index contributed by atoms with van der Waals surface area (Å²) in [6, 6.07) is 5.74. The van der Waals surface area contributed by atoms with Crippen molar-refractivity contribution >= 4 is 11.8 Å². The zero-order chi connectivity index (χ0) is 17.9. The number of carbonyl (C=O) groups excluding carboxylic acids is 2. The van der Waals surface area contributed by atoms with Gasteiger partial charge in [0.25, 0.3) is 5.91 Å². The molecule has 5 heteroatoms. The summed E-state index contributed by atoms with van der Waals surface area (Å²) in [5, 5.41) is 0. The van der Waals surface area contributed by atoms with Gasteiger partial charge < -0.3 is 14.5 Å². The third kappa shape index (κ3) is 3.89. The second kappa shape index (κ2) is 7.24. The largest absolute Gasteiger partial charge is 0.496 e. The number of rotatable bonds is 3. The van der Waals surface area contributed by atoms with Crippen LogP contribution >= 0.6 is 0 Å². The molecule has 24 heavy (non-hydrogen) atoms. The van der Waals surface area contributed by atoms with Crippen molar-refractivity contribution in [3.05, 3.63) is 29.3 Å². The molecule has 0 N–H and O–H groups in total. The zero-order valence-electron chi connectivity index (χ0n) is 15.4. The molecule has 0 aromatic heterocycles. The molecule has 0 bridgehead atoms. The van der Waals surface area contributed by atoms with Crippen LogP contribution < -0.4 is 4.74 Å². The fourth-order valence-electron chi connectivity index (χ4n) is 2.90. The van der Waals surface area contributed by atoms with Gasteiger partial charge in [0.2, 0.25) is 5.91 Å². The lowest BCUT2D eigenvalue weighted by molar-refractivity contribution is -0.140. The molecule has 5 nitrogen and oxygen atoms in total. The average molecular weight is 332 g/mol. The first kappa shape index (κ1) is 18.3. The van der Waals surface area contributed by atoms with Crippen LogP contribution in [-0.4, -0.2) is 54.9 Å². The SMILES string of the molecule is CCc1ccc(OC)c(C(=O)N2CCN(C(=O)C(C)(C)C)CC2)c1. The molecule has 0 spiro atoms. The number of methoxy groups -OCH3 is 1. The van der Waals surface area contributed by atoms with E-state index in [1.54, 1.807) is 7.11 Å². The lowest BCUT2D eigenvalue weighted by Gasteiger charge is -2.37. The Morgan fingerprint density at radius 2 is 1.67 bits per heavy atom. The van der Waals surface area contributed by atoms with Crippen molar-refractivity contribution in [2.75, 3.05) is 33.3 Å². The Bertz CT molecular complexity index is 612. The van der Waals surface area contributed by atoms with E-state index in [1.165, 1.54) is 0 Å². The first-order valence-corrected chi connectivity index (χ1v) is 8.53. The summed E-state index contributed by atoms with van der Waals surface area (Å²) >= 11 is 0. The molecule has 0 unspecified atom stereocenters. The first-order chi connectivity index (χ1) is 11.3. The van der Waals surface area contributed by atoms with Gasteiger partial charge in [-0.15, -0.1) is 0 Å². The van der Waals surface area contributed by atoms with Gasteiger partial charge in [0, 0.05) is 31.6 Å². The predicted molar refractivity (Wildman–Crippen MR) is 94.3 cm³/mol. The molecule has 1 aromatic rings. The number of nitrogens with zero attached hydrogens (tertiary/aromatic N) is 2. The molecule has 0 radical (unpaired) electrons. The van der Waals surface area contributed by atoms with Crippen LogP contribution in [0, 0.1) is 5.41 Å². The Kier molecular flexibility index (Phi) is 5.52. The Balaban J connectivity index is 2.09. The van der Waals surface area contributed by atoms with E-state index in [-0.39, 0.29) is 17.2 Å². The second-order valence-corrected chi connectivity index (χ2v) is 7.22. The van der Waals surface area contributed by atoms with E-state index in [0.717, 1.165) is 12.0 Å². The molecule has 0 aliphatic carbocycles. The Labute approximate surface area is 144 Å². The van der Waals surface area contributed by atoms with Gasteiger partial charge in [-0.1, -0.05) is 33.8 Å². The van der Waals surface area contributed by atoms with E-state index in [9.17, 15) is 9.59 Å². The number of hydrogen-bond donors (Lipinski definition) is 0. The van der Waals surface area contributed by atoms with E-state index in [0.29, 0.717) is 37.5 Å². The van der Waals surface area contributed by atoms with Crippen LogP contribution in [0.25, 0.3) is 0 Å². The Hall–Kier alpha value is -2.04. The van der Waals surface area contributed by atoms with Crippen LogP contribution in [0.15, 0.2) is 18.2 Å². The van der Waals surface area contributed by atoms with Crippen LogP contribution in [0.4, 0.5) is 0 Å². The molecule has 1 fully saturated rings. The molecule has 132 valence electrons. The van der Waals surface area contributed by atoms with Gasteiger partial charge in [-0.05, 0) is 24.1 Å². The minimum Gasteiger partial charge on any atom is -0.496 e. The topological polar surface area (TPSA) is 49.9 Å². The molecule has 1 saturated heterocycles. The van der Waals surface area contributed by atoms with E-state index in [1.807, 2.05) is 48.8 Å². The van der Waals surface area contributed by atoms with Crippen molar-refractivity contribution in [2.24, 2.45) is 5.41 Å². The fraction of sp³-hybridized carbons (Fsp3) is 0.579. The molecular weight excluding hydrogens is 304 g/mol. The van der Waals surface area contributed by atoms with Crippen LogP contribution in [-0.2, 0) is 11.2 Å². The van der Waals surface area contributed by atoms with Crippen LogP contribution in [0.1, 0.15) is 43.6 Å². The van der Waals surface area contributed by atoms with E-state index in [2.05, 4.69) is 6.92 Å². The molecule has 1 aliphatic rings. The summed E-state index contributed by atoms with van der Waals surface area (Å²) in [7, 11) is 1.58. The molecule has 1 aliphatic heterocycles. The highest BCUT2D eigenvalue weighted by Gasteiger charge is 2.31. The molecule has 0 atom stereocenters. The predicted octanol–water partition coefficient (Wildman–Crippen LogP) is 2.59. The maximum atomic E-state index is 12.9. The van der Waals surface area contributed by atoms with Gasteiger partial charge in [0.05, 0.1) is 12.7 Å². The van der Waals surface area contributed by atoms with Gasteiger partial charge in [-0.3, -0.25) is 9.59 Å². The quantitative estimate of drug-likeness (QED) is 0.855.